The summed E-state index contributed by atoms with van der Waals surface area (Å²) in [7, 11) is 0. The molecule has 0 heterocycles. The predicted octanol–water partition coefficient (Wildman–Crippen LogP) is 5.14. The minimum absolute atomic E-state index is 0.308. The van der Waals surface area contributed by atoms with E-state index in [0.717, 1.165) is 36.8 Å². The Morgan fingerprint density at radius 3 is 1.45 bits per heavy atom. The Morgan fingerprint density at radius 1 is 0.636 bits per heavy atom. The Labute approximate surface area is 131 Å². The van der Waals surface area contributed by atoms with E-state index in [0.29, 0.717) is 11.5 Å². The maximum absolute atomic E-state index is 9.96. The average Bonchev–Trinajstić information content (AvgIpc) is 2.53. The second kappa shape index (κ2) is 6.52. The highest BCUT2D eigenvalue weighted by atomic mass is 16.3. The zero-order valence-corrected chi connectivity index (χ0v) is 12.5. The molecule has 112 valence electrons. The molecule has 0 unspecified atom stereocenters. The minimum atomic E-state index is 0.308. The van der Waals surface area contributed by atoms with Crippen molar-refractivity contribution in [3.63, 3.8) is 0 Å². The van der Waals surface area contributed by atoms with Gasteiger partial charge < -0.3 is 10.2 Å². The lowest BCUT2D eigenvalue weighted by molar-refractivity contribution is 0.473. The minimum Gasteiger partial charge on any atom is -0.507 e. The Morgan fingerprint density at radius 2 is 1.05 bits per heavy atom. The summed E-state index contributed by atoms with van der Waals surface area (Å²) in [5.41, 5.74) is 4.19. The highest BCUT2D eigenvalue weighted by molar-refractivity contribution is 5.70. The fraction of sp³-hybridized carbons (Fsp3) is 0.200. The number of allylic oxidation sites excluding steroid dienone is 2. The van der Waals surface area contributed by atoms with Crippen LogP contribution in [0.1, 0.15) is 36.8 Å². The summed E-state index contributed by atoms with van der Waals surface area (Å²) < 4.78 is 0. The van der Waals surface area contributed by atoms with Crippen molar-refractivity contribution >= 4 is 12.2 Å². The molecule has 0 radical (unpaired) electrons. The number of rotatable bonds is 2. The van der Waals surface area contributed by atoms with Gasteiger partial charge in [0, 0.05) is 11.1 Å². The van der Waals surface area contributed by atoms with Crippen molar-refractivity contribution in [2.45, 2.75) is 25.7 Å². The average molecular weight is 292 g/mol. The Balaban J connectivity index is 1.99. The van der Waals surface area contributed by atoms with Crippen molar-refractivity contribution in [2.24, 2.45) is 0 Å². The van der Waals surface area contributed by atoms with E-state index in [2.05, 4.69) is 12.2 Å². The molecule has 0 atom stereocenters. The standard InChI is InChI=1S/C20H20O2/c21-19-11-5-3-9-17(19)13-15-7-1-2-8-16(15)14-18-10-4-6-12-20(18)22/h3-6,9-14,21-22H,1-2,7-8H2. The van der Waals surface area contributed by atoms with Crippen LogP contribution >= 0.6 is 0 Å². The van der Waals surface area contributed by atoms with Gasteiger partial charge in [0.15, 0.2) is 0 Å². The van der Waals surface area contributed by atoms with E-state index in [-0.39, 0.29) is 0 Å². The van der Waals surface area contributed by atoms with Crippen molar-refractivity contribution in [1.29, 1.82) is 0 Å². The fourth-order valence-electron chi connectivity index (χ4n) is 2.88. The molecule has 2 N–H and O–H groups in total. The van der Waals surface area contributed by atoms with Crippen LogP contribution in [-0.2, 0) is 0 Å². The topological polar surface area (TPSA) is 40.5 Å². The van der Waals surface area contributed by atoms with Gasteiger partial charge >= 0.3 is 0 Å². The van der Waals surface area contributed by atoms with Crippen LogP contribution in [0.5, 0.6) is 11.5 Å². The molecular weight excluding hydrogens is 272 g/mol. The first-order chi connectivity index (χ1) is 10.7. The molecule has 0 bridgehead atoms. The van der Waals surface area contributed by atoms with Gasteiger partial charge in [-0.1, -0.05) is 36.4 Å². The van der Waals surface area contributed by atoms with Crippen LogP contribution in [0, 0.1) is 0 Å². The maximum Gasteiger partial charge on any atom is 0.122 e. The summed E-state index contributed by atoms with van der Waals surface area (Å²) in [6.45, 7) is 0. The first-order valence-corrected chi connectivity index (χ1v) is 7.71. The molecule has 2 aromatic carbocycles. The van der Waals surface area contributed by atoms with Crippen molar-refractivity contribution in [1.82, 2.24) is 0 Å². The highest BCUT2D eigenvalue weighted by Gasteiger charge is 2.13. The monoisotopic (exact) mass is 292 g/mol. The number of hydrogen-bond acceptors (Lipinski definition) is 2. The third-order valence-electron chi connectivity index (χ3n) is 4.09. The van der Waals surface area contributed by atoms with E-state index >= 15 is 0 Å². The van der Waals surface area contributed by atoms with Gasteiger partial charge in [-0.2, -0.15) is 0 Å². The predicted molar refractivity (Wildman–Crippen MR) is 90.6 cm³/mol. The van der Waals surface area contributed by atoms with Gasteiger partial charge in [-0.15, -0.1) is 0 Å². The van der Waals surface area contributed by atoms with E-state index in [1.165, 1.54) is 11.1 Å². The van der Waals surface area contributed by atoms with Gasteiger partial charge in [-0.3, -0.25) is 0 Å². The molecule has 2 aromatic rings. The molecule has 0 aliphatic heterocycles. The lowest BCUT2D eigenvalue weighted by Gasteiger charge is -2.19. The normalized spacial score (nSPS) is 18.7. The van der Waals surface area contributed by atoms with Crippen molar-refractivity contribution in [2.75, 3.05) is 0 Å². The second-order valence-corrected chi connectivity index (χ2v) is 5.66. The summed E-state index contributed by atoms with van der Waals surface area (Å²) in [4.78, 5) is 0. The van der Waals surface area contributed by atoms with Gasteiger partial charge in [0.25, 0.3) is 0 Å². The number of aromatic hydroxyl groups is 2. The first-order valence-electron chi connectivity index (χ1n) is 7.71. The molecule has 0 amide bonds. The largest absolute Gasteiger partial charge is 0.507 e. The van der Waals surface area contributed by atoms with E-state index in [1.54, 1.807) is 12.1 Å². The van der Waals surface area contributed by atoms with Crippen molar-refractivity contribution in [3.8, 4) is 11.5 Å². The quantitative estimate of drug-likeness (QED) is 0.804. The molecule has 3 rings (SSSR count). The molecule has 1 fully saturated rings. The Bertz CT molecular complexity index is 662. The second-order valence-electron chi connectivity index (χ2n) is 5.66. The summed E-state index contributed by atoms with van der Waals surface area (Å²) in [6.07, 6.45) is 8.48. The Hall–Kier alpha value is -2.48. The molecular formula is C20H20O2. The van der Waals surface area contributed by atoms with E-state index < -0.39 is 0 Å². The molecule has 1 aliphatic carbocycles. The van der Waals surface area contributed by atoms with Crippen LogP contribution < -0.4 is 0 Å². The molecule has 1 aliphatic rings. The zero-order valence-electron chi connectivity index (χ0n) is 12.5. The van der Waals surface area contributed by atoms with Gasteiger partial charge in [0.2, 0.25) is 0 Å². The number of phenolic OH excluding ortho intramolecular Hbond substituents is 2. The summed E-state index contributed by atoms with van der Waals surface area (Å²) in [6, 6.07) is 14.8. The molecule has 1 saturated carbocycles. The van der Waals surface area contributed by atoms with Gasteiger partial charge in [0.1, 0.15) is 11.5 Å². The van der Waals surface area contributed by atoms with Gasteiger partial charge in [0.05, 0.1) is 0 Å². The summed E-state index contributed by atoms with van der Waals surface area (Å²) >= 11 is 0. The third-order valence-corrected chi connectivity index (χ3v) is 4.09. The number of hydrogen-bond donors (Lipinski definition) is 2. The van der Waals surface area contributed by atoms with Crippen molar-refractivity contribution < 1.29 is 10.2 Å². The van der Waals surface area contributed by atoms with Crippen LogP contribution in [-0.4, -0.2) is 10.2 Å². The van der Waals surface area contributed by atoms with E-state index in [1.807, 2.05) is 36.4 Å². The first kappa shape index (κ1) is 14.5. The molecule has 2 nitrogen and oxygen atoms in total. The SMILES string of the molecule is Oc1ccccc1C=C1CCCCC1=Cc1ccccc1O. The fourth-order valence-corrected chi connectivity index (χ4v) is 2.88. The van der Waals surface area contributed by atoms with E-state index in [9.17, 15) is 10.2 Å². The van der Waals surface area contributed by atoms with Crippen LogP contribution in [0.15, 0.2) is 59.7 Å². The summed E-state index contributed by atoms with van der Waals surface area (Å²) in [5, 5.41) is 19.9. The maximum atomic E-state index is 9.96. The Kier molecular flexibility index (Phi) is 4.29. The van der Waals surface area contributed by atoms with E-state index in [4.69, 9.17) is 0 Å². The number of para-hydroxylation sites is 2. The molecule has 2 heteroatoms. The number of phenols is 2. The third kappa shape index (κ3) is 3.22. The highest BCUT2D eigenvalue weighted by Crippen LogP contribution is 2.34. The zero-order chi connectivity index (χ0) is 15.4. The molecule has 0 spiro atoms. The van der Waals surface area contributed by atoms with Crippen molar-refractivity contribution in [3.05, 3.63) is 70.8 Å². The van der Waals surface area contributed by atoms with Gasteiger partial charge in [-0.05, 0) is 61.1 Å². The lowest BCUT2D eigenvalue weighted by atomic mass is 9.87. The summed E-state index contributed by atoms with van der Waals surface area (Å²) in [5.74, 6) is 0.616. The van der Waals surface area contributed by atoms with Crippen LogP contribution in [0.4, 0.5) is 0 Å². The lowest BCUT2D eigenvalue weighted by Crippen LogP contribution is -1.99. The molecule has 0 saturated heterocycles. The van der Waals surface area contributed by atoms with Crippen LogP contribution in [0.3, 0.4) is 0 Å². The smallest absolute Gasteiger partial charge is 0.122 e. The number of benzene rings is 2. The van der Waals surface area contributed by atoms with Gasteiger partial charge in [-0.25, -0.2) is 0 Å². The molecule has 0 aromatic heterocycles. The van der Waals surface area contributed by atoms with Crippen LogP contribution in [0.25, 0.3) is 12.2 Å². The molecule has 22 heavy (non-hydrogen) atoms. The van der Waals surface area contributed by atoms with Crippen LogP contribution in [0.2, 0.25) is 0 Å².